The number of nitrogens with zero attached hydrogens (tertiary/aromatic N) is 2. The van der Waals surface area contributed by atoms with E-state index in [1.165, 1.54) is 5.56 Å². The van der Waals surface area contributed by atoms with Gasteiger partial charge in [-0.05, 0) is 39.0 Å². The Morgan fingerprint density at radius 3 is 2.39 bits per heavy atom. The van der Waals surface area contributed by atoms with E-state index in [2.05, 4.69) is 16.4 Å². The van der Waals surface area contributed by atoms with E-state index in [1.807, 2.05) is 51.1 Å². The summed E-state index contributed by atoms with van der Waals surface area (Å²) in [7, 11) is 0. The van der Waals surface area contributed by atoms with Crippen molar-refractivity contribution in [1.29, 1.82) is 5.26 Å². The topological polar surface area (TPSA) is 48.7 Å². The molecule has 0 bridgehead atoms. The maximum Gasteiger partial charge on any atom is 0.103 e. The van der Waals surface area contributed by atoms with Crippen molar-refractivity contribution in [3.63, 3.8) is 0 Å². The maximum atomic E-state index is 9.18. The fourth-order valence-electron chi connectivity index (χ4n) is 1.86. The second-order valence-electron chi connectivity index (χ2n) is 4.37. The molecule has 0 aliphatic heterocycles. The molecule has 3 heteroatoms. The van der Waals surface area contributed by atoms with Crippen LogP contribution in [0, 0.1) is 32.1 Å². The summed E-state index contributed by atoms with van der Waals surface area (Å²) in [6.45, 7) is 5.82. The molecule has 1 N–H and O–H groups in total. The lowest BCUT2D eigenvalue weighted by Gasteiger charge is -2.11. The summed E-state index contributed by atoms with van der Waals surface area (Å²) in [5.41, 5.74) is 5.26. The fraction of sp³-hybridized carbons (Fsp3) is 0.200. The molecule has 0 spiro atoms. The third kappa shape index (κ3) is 2.49. The van der Waals surface area contributed by atoms with Crippen LogP contribution in [0.2, 0.25) is 0 Å². The Labute approximate surface area is 107 Å². The van der Waals surface area contributed by atoms with Gasteiger partial charge < -0.3 is 5.32 Å². The number of aromatic nitrogens is 1. The molecule has 1 aromatic heterocycles. The summed E-state index contributed by atoms with van der Waals surface area (Å²) in [6, 6.07) is 12.2. The van der Waals surface area contributed by atoms with Gasteiger partial charge in [0.05, 0.1) is 16.9 Å². The second-order valence-corrected chi connectivity index (χ2v) is 4.37. The summed E-state index contributed by atoms with van der Waals surface area (Å²) in [4.78, 5) is 4.30. The average molecular weight is 237 g/mol. The van der Waals surface area contributed by atoms with Crippen molar-refractivity contribution >= 4 is 11.4 Å². The second kappa shape index (κ2) is 4.89. The molecule has 18 heavy (non-hydrogen) atoms. The lowest BCUT2D eigenvalue weighted by Crippen LogP contribution is -1.99. The van der Waals surface area contributed by atoms with Crippen molar-refractivity contribution in [3.05, 3.63) is 52.8 Å². The van der Waals surface area contributed by atoms with Crippen LogP contribution in [0.1, 0.15) is 22.5 Å². The van der Waals surface area contributed by atoms with Crippen molar-refractivity contribution < 1.29 is 0 Å². The average Bonchev–Trinajstić information content (AvgIpc) is 2.32. The van der Waals surface area contributed by atoms with Crippen LogP contribution in [-0.4, -0.2) is 4.98 Å². The predicted octanol–water partition coefficient (Wildman–Crippen LogP) is 3.62. The Morgan fingerprint density at radius 2 is 1.78 bits per heavy atom. The Morgan fingerprint density at radius 1 is 1.11 bits per heavy atom. The first kappa shape index (κ1) is 12.1. The van der Waals surface area contributed by atoms with E-state index in [1.54, 1.807) is 0 Å². The van der Waals surface area contributed by atoms with Gasteiger partial charge >= 0.3 is 0 Å². The van der Waals surface area contributed by atoms with Gasteiger partial charge in [-0.25, -0.2) is 0 Å². The zero-order valence-electron chi connectivity index (χ0n) is 10.8. The predicted molar refractivity (Wildman–Crippen MR) is 72.9 cm³/mol. The fourth-order valence-corrected chi connectivity index (χ4v) is 1.86. The van der Waals surface area contributed by atoms with Gasteiger partial charge in [-0.1, -0.05) is 17.7 Å². The van der Waals surface area contributed by atoms with Gasteiger partial charge in [0.2, 0.25) is 0 Å². The summed E-state index contributed by atoms with van der Waals surface area (Å²) in [6.07, 6.45) is 0. The molecule has 2 rings (SSSR count). The summed E-state index contributed by atoms with van der Waals surface area (Å²) >= 11 is 0. The van der Waals surface area contributed by atoms with Crippen molar-refractivity contribution in [2.24, 2.45) is 0 Å². The van der Waals surface area contributed by atoms with Gasteiger partial charge in [-0.15, -0.1) is 0 Å². The minimum atomic E-state index is 0.598. The van der Waals surface area contributed by atoms with E-state index in [9.17, 15) is 5.26 Å². The first-order valence-corrected chi connectivity index (χ1v) is 5.82. The zero-order valence-corrected chi connectivity index (χ0v) is 10.8. The molecule has 0 aliphatic carbocycles. The van der Waals surface area contributed by atoms with E-state index in [0.717, 1.165) is 22.8 Å². The van der Waals surface area contributed by atoms with Crippen LogP contribution in [-0.2, 0) is 0 Å². The standard InChI is InChI=1S/C15H15N3/c1-10-4-6-13(7-5-10)18-15-8-11(2)17-12(3)14(15)9-16/h4-8H,1-3H3,(H,17,18). The molecule has 0 radical (unpaired) electrons. The Bertz CT molecular complexity index is 607. The van der Waals surface area contributed by atoms with Gasteiger partial charge in [-0.3, -0.25) is 4.98 Å². The number of anilines is 2. The normalized spacial score (nSPS) is 9.89. The molecule has 1 heterocycles. The number of aryl methyl sites for hydroxylation is 3. The third-order valence-electron chi connectivity index (χ3n) is 2.77. The summed E-state index contributed by atoms with van der Waals surface area (Å²) in [5, 5.41) is 12.5. The van der Waals surface area contributed by atoms with Crippen LogP contribution in [0.5, 0.6) is 0 Å². The van der Waals surface area contributed by atoms with Crippen molar-refractivity contribution in [3.8, 4) is 6.07 Å². The van der Waals surface area contributed by atoms with Crippen LogP contribution >= 0.6 is 0 Å². The van der Waals surface area contributed by atoms with Crippen LogP contribution < -0.4 is 5.32 Å². The molecule has 90 valence electrons. The highest BCUT2D eigenvalue weighted by Gasteiger charge is 2.08. The minimum absolute atomic E-state index is 0.598. The van der Waals surface area contributed by atoms with Gasteiger partial charge in [0.1, 0.15) is 6.07 Å². The molecule has 2 aromatic rings. The largest absolute Gasteiger partial charge is 0.354 e. The van der Waals surface area contributed by atoms with Crippen LogP contribution in [0.15, 0.2) is 30.3 Å². The van der Waals surface area contributed by atoms with Crippen molar-refractivity contribution in [2.45, 2.75) is 20.8 Å². The SMILES string of the molecule is Cc1ccc(Nc2cc(C)nc(C)c2C#N)cc1. The molecule has 0 amide bonds. The van der Waals surface area contributed by atoms with Crippen molar-refractivity contribution in [1.82, 2.24) is 4.98 Å². The first-order chi connectivity index (χ1) is 8.60. The van der Waals surface area contributed by atoms with Crippen molar-refractivity contribution in [2.75, 3.05) is 5.32 Å². The van der Waals surface area contributed by atoms with Gasteiger partial charge in [0, 0.05) is 11.4 Å². The van der Waals surface area contributed by atoms with E-state index >= 15 is 0 Å². The molecule has 0 fully saturated rings. The van der Waals surface area contributed by atoms with Gasteiger partial charge in [-0.2, -0.15) is 5.26 Å². The molecule has 3 nitrogen and oxygen atoms in total. The zero-order chi connectivity index (χ0) is 13.1. The number of nitriles is 1. The number of benzene rings is 1. The lowest BCUT2D eigenvalue weighted by molar-refractivity contribution is 1.11. The van der Waals surface area contributed by atoms with Crippen LogP contribution in [0.3, 0.4) is 0 Å². The molecular formula is C15H15N3. The monoisotopic (exact) mass is 237 g/mol. The summed E-state index contributed by atoms with van der Waals surface area (Å²) < 4.78 is 0. The number of hydrogen-bond donors (Lipinski definition) is 1. The minimum Gasteiger partial charge on any atom is -0.354 e. The van der Waals surface area contributed by atoms with Gasteiger partial charge in [0.25, 0.3) is 0 Å². The highest BCUT2D eigenvalue weighted by molar-refractivity contribution is 5.67. The molecule has 0 aliphatic rings. The molecule has 0 atom stereocenters. The first-order valence-electron chi connectivity index (χ1n) is 5.82. The molecule has 0 saturated heterocycles. The highest BCUT2D eigenvalue weighted by atomic mass is 14.9. The Kier molecular flexibility index (Phi) is 3.29. The van der Waals surface area contributed by atoms with Crippen LogP contribution in [0.25, 0.3) is 0 Å². The number of hydrogen-bond acceptors (Lipinski definition) is 3. The van der Waals surface area contributed by atoms with E-state index < -0.39 is 0 Å². The van der Waals surface area contributed by atoms with Crippen LogP contribution in [0.4, 0.5) is 11.4 Å². The Balaban J connectivity index is 2.40. The number of pyridine rings is 1. The molecule has 0 saturated carbocycles. The van der Waals surface area contributed by atoms with E-state index in [4.69, 9.17) is 0 Å². The molecular weight excluding hydrogens is 222 g/mol. The van der Waals surface area contributed by atoms with Gasteiger partial charge in [0.15, 0.2) is 0 Å². The van der Waals surface area contributed by atoms with E-state index in [0.29, 0.717) is 5.56 Å². The molecule has 1 aromatic carbocycles. The quantitative estimate of drug-likeness (QED) is 0.867. The third-order valence-corrected chi connectivity index (χ3v) is 2.77. The summed E-state index contributed by atoms with van der Waals surface area (Å²) in [5.74, 6) is 0. The van der Waals surface area contributed by atoms with E-state index in [-0.39, 0.29) is 0 Å². The highest BCUT2D eigenvalue weighted by Crippen LogP contribution is 2.23. The molecule has 0 unspecified atom stereocenters. The smallest absolute Gasteiger partial charge is 0.103 e. The Hall–Kier alpha value is -2.34. The number of nitrogens with one attached hydrogen (secondary N) is 1. The number of rotatable bonds is 2. The lowest BCUT2D eigenvalue weighted by atomic mass is 10.1. The maximum absolute atomic E-state index is 9.18.